The first kappa shape index (κ1) is 14.7. The number of ether oxygens (including phenoxy) is 1. The van der Waals surface area contributed by atoms with Crippen molar-refractivity contribution in [1.29, 1.82) is 5.26 Å². The fraction of sp³-hybridized carbons (Fsp3) is 0.353. The molecule has 112 valence electrons. The summed E-state index contributed by atoms with van der Waals surface area (Å²) in [5.74, 6) is 0.520. The van der Waals surface area contributed by atoms with Gasteiger partial charge in [0.25, 0.3) is 0 Å². The minimum atomic E-state index is -0.730. The monoisotopic (exact) mass is 312 g/mol. The van der Waals surface area contributed by atoms with E-state index < -0.39 is 5.92 Å². The van der Waals surface area contributed by atoms with Crippen LogP contribution in [0.25, 0.3) is 11.3 Å². The van der Waals surface area contributed by atoms with Gasteiger partial charge in [-0.05, 0) is 36.6 Å². The highest BCUT2D eigenvalue weighted by molar-refractivity contribution is 7.10. The highest BCUT2D eigenvalue weighted by atomic mass is 32.1. The maximum atomic E-state index is 12.3. The molecule has 2 aromatic rings. The van der Waals surface area contributed by atoms with E-state index in [4.69, 9.17) is 4.74 Å². The molecule has 0 radical (unpaired) electrons. The fourth-order valence-corrected chi connectivity index (χ4v) is 3.36. The van der Waals surface area contributed by atoms with Crippen LogP contribution in [0.2, 0.25) is 0 Å². The molecular weight excluding hydrogens is 296 g/mol. The van der Waals surface area contributed by atoms with Gasteiger partial charge in [-0.1, -0.05) is 6.92 Å². The molecule has 1 saturated carbocycles. The smallest absolute Gasteiger partial charge is 0.160 e. The zero-order chi connectivity index (χ0) is 15.7. The lowest BCUT2D eigenvalue weighted by Crippen LogP contribution is -2.13. The van der Waals surface area contributed by atoms with Gasteiger partial charge in [0.2, 0.25) is 0 Å². The molecule has 1 aliphatic carbocycles. The maximum Gasteiger partial charge on any atom is 0.160 e. The molecule has 3 atom stereocenters. The Morgan fingerprint density at radius 1 is 1.45 bits per heavy atom. The Kier molecular flexibility index (Phi) is 3.95. The molecule has 5 heteroatoms. The number of nitriles is 1. The van der Waals surface area contributed by atoms with Gasteiger partial charge in [0.05, 0.1) is 18.9 Å². The first-order chi connectivity index (χ1) is 10.6. The summed E-state index contributed by atoms with van der Waals surface area (Å²) in [6.07, 6.45) is 0.897. The minimum Gasteiger partial charge on any atom is -0.497 e. The lowest BCUT2D eigenvalue weighted by Gasteiger charge is -2.04. The van der Waals surface area contributed by atoms with Gasteiger partial charge >= 0.3 is 0 Å². The topological polar surface area (TPSA) is 63.0 Å². The second-order valence-electron chi connectivity index (χ2n) is 5.58. The largest absolute Gasteiger partial charge is 0.497 e. The Bertz CT molecular complexity index is 730. The maximum absolute atomic E-state index is 12.3. The Hall–Kier alpha value is -2.19. The van der Waals surface area contributed by atoms with Crippen LogP contribution in [0.5, 0.6) is 5.75 Å². The highest BCUT2D eigenvalue weighted by Crippen LogP contribution is 2.42. The van der Waals surface area contributed by atoms with Crippen LogP contribution in [0.3, 0.4) is 0 Å². The summed E-state index contributed by atoms with van der Waals surface area (Å²) < 4.78 is 5.14. The lowest BCUT2D eigenvalue weighted by molar-refractivity contribution is -0.120. The summed E-state index contributed by atoms with van der Waals surface area (Å²) in [6, 6.07) is 9.70. The van der Waals surface area contributed by atoms with Crippen LogP contribution in [0.4, 0.5) is 0 Å². The molecule has 22 heavy (non-hydrogen) atoms. The molecule has 1 fully saturated rings. The van der Waals surface area contributed by atoms with Crippen molar-refractivity contribution in [3.63, 3.8) is 0 Å². The average molecular weight is 312 g/mol. The number of thiazole rings is 1. The summed E-state index contributed by atoms with van der Waals surface area (Å²) >= 11 is 1.38. The van der Waals surface area contributed by atoms with Crippen LogP contribution in [0.1, 0.15) is 24.3 Å². The Morgan fingerprint density at radius 2 is 2.14 bits per heavy atom. The number of carbonyl (C=O) groups is 1. The number of hydrogen-bond donors (Lipinski definition) is 0. The number of rotatable bonds is 5. The van der Waals surface area contributed by atoms with E-state index in [1.165, 1.54) is 11.3 Å². The number of benzene rings is 1. The van der Waals surface area contributed by atoms with Crippen molar-refractivity contribution in [3.05, 3.63) is 34.7 Å². The highest BCUT2D eigenvalue weighted by Gasteiger charge is 2.43. The van der Waals surface area contributed by atoms with E-state index in [9.17, 15) is 10.1 Å². The molecule has 1 aromatic heterocycles. The van der Waals surface area contributed by atoms with Crippen LogP contribution in [-0.2, 0) is 4.79 Å². The third-order valence-corrected chi connectivity index (χ3v) is 4.95. The normalized spacial score (nSPS) is 21.0. The van der Waals surface area contributed by atoms with Crippen molar-refractivity contribution in [2.45, 2.75) is 19.3 Å². The lowest BCUT2D eigenvalue weighted by atomic mass is 10.0. The zero-order valence-corrected chi connectivity index (χ0v) is 13.3. The molecule has 0 amide bonds. The summed E-state index contributed by atoms with van der Waals surface area (Å²) in [5, 5.41) is 11.8. The minimum absolute atomic E-state index is 0.0191. The van der Waals surface area contributed by atoms with E-state index in [2.05, 4.69) is 11.1 Å². The van der Waals surface area contributed by atoms with Crippen LogP contribution in [-0.4, -0.2) is 17.9 Å². The molecule has 1 heterocycles. The van der Waals surface area contributed by atoms with Crippen LogP contribution >= 0.6 is 11.3 Å². The molecule has 0 spiro atoms. The molecule has 0 unspecified atom stereocenters. The van der Waals surface area contributed by atoms with E-state index in [-0.39, 0.29) is 11.7 Å². The second kappa shape index (κ2) is 5.90. The molecule has 4 nitrogen and oxygen atoms in total. The van der Waals surface area contributed by atoms with Crippen molar-refractivity contribution in [3.8, 4) is 23.1 Å². The van der Waals surface area contributed by atoms with Crippen LogP contribution in [0, 0.1) is 23.2 Å². The molecule has 1 aromatic carbocycles. The van der Waals surface area contributed by atoms with Gasteiger partial charge < -0.3 is 4.74 Å². The van der Waals surface area contributed by atoms with E-state index in [0.29, 0.717) is 10.9 Å². The Balaban J connectivity index is 1.82. The van der Waals surface area contributed by atoms with Crippen LogP contribution < -0.4 is 4.74 Å². The van der Waals surface area contributed by atoms with E-state index in [1.54, 1.807) is 7.11 Å². The van der Waals surface area contributed by atoms with Crippen molar-refractivity contribution < 1.29 is 9.53 Å². The molecular formula is C17H16N2O2S. The first-order valence-corrected chi connectivity index (χ1v) is 8.05. The quantitative estimate of drug-likeness (QED) is 0.845. The standard InChI is InChI=1S/C17H16N2O2S/c1-10-7-13(10)16(20)14(8-18)17-19-15(9-22-17)11-3-5-12(21-2)6-4-11/h3-6,9-10,13-14H,7H2,1-2H3/t10-,13-,14+/m0/s1. The fourth-order valence-electron chi connectivity index (χ4n) is 2.49. The van der Waals surface area contributed by atoms with Gasteiger partial charge in [-0.3, -0.25) is 4.79 Å². The summed E-state index contributed by atoms with van der Waals surface area (Å²) in [6.45, 7) is 2.04. The van der Waals surface area contributed by atoms with E-state index in [0.717, 1.165) is 23.4 Å². The molecule has 3 rings (SSSR count). The van der Waals surface area contributed by atoms with Gasteiger partial charge in [-0.15, -0.1) is 11.3 Å². The Morgan fingerprint density at radius 3 is 2.68 bits per heavy atom. The third-order valence-electron chi connectivity index (χ3n) is 4.04. The molecule has 0 saturated heterocycles. The third kappa shape index (κ3) is 2.75. The van der Waals surface area contributed by atoms with Gasteiger partial charge in [0, 0.05) is 16.9 Å². The predicted octanol–water partition coefficient (Wildman–Crippen LogP) is 3.65. The number of hydrogen-bond acceptors (Lipinski definition) is 5. The SMILES string of the molecule is COc1ccc(-c2csc([C@H](C#N)C(=O)[C@H]3C[C@@H]3C)n2)cc1. The van der Waals surface area contributed by atoms with Crippen molar-refractivity contribution in [1.82, 2.24) is 4.98 Å². The van der Waals surface area contributed by atoms with Crippen molar-refractivity contribution in [2.75, 3.05) is 7.11 Å². The van der Waals surface area contributed by atoms with Gasteiger partial charge in [0.15, 0.2) is 11.7 Å². The van der Waals surface area contributed by atoms with E-state index in [1.807, 2.05) is 36.6 Å². The second-order valence-corrected chi connectivity index (χ2v) is 6.47. The number of methoxy groups -OCH3 is 1. The zero-order valence-electron chi connectivity index (χ0n) is 12.4. The van der Waals surface area contributed by atoms with Crippen molar-refractivity contribution in [2.24, 2.45) is 11.8 Å². The molecule has 0 aliphatic heterocycles. The van der Waals surface area contributed by atoms with E-state index >= 15 is 0 Å². The van der Waals surface area contributed by atoms with Crippen molar-refractivity contribution >= 4 is 17.1 Å². The first-order valence-electron chi connectivity index (χ1n) is 7.17. The van der Waals surface area contributed by atoms with Gasteiger partial charge in [-0.25, -0.2) is 4.98 Å². The number of Topliss-reactive ketones (excluding diaryl/α,β-unsaturated/α-hetero) is 1. The molecule has 1 aliphatic rings. The Labute approximate surface area is 133 Å². The average Bonchev–Trinajstić information content (AvgIpc) is 3.08. The summed E-state index contributed by atoms with van der Waals surface area (Å²) in [4.78, 5) is 16.8. The van der Waals surface area contributed by atoms with Gasteiger partial charge in [-0.2, -0.15) is 5.26 Å². The summed E-state index contributed by atoms with van der Waals surface area (Å²) in [7, 11) is 1.62. The molecule has 0 bridgehead atoms. The number of carbonyl (C=O) groups excluding carboxylic acids is 1. The number of aromatic nitrogens is 1. The number of nitrogens with zero attached hydrogens (tertiary/aromatic N) is 2. The molecule has 0 N–H and O–H groups in total. The number of ketones is 1. The summed E-state index contributed by atoms with van der Waals surface area (Å²) in [5.41, 5.74) is 1.74. The predicted molar refractivity (Wildman–Crippen MR) is 84.7 cm³/mol. The van der Waals surface area contributed by atoms with Gasteiger partial charge in [0.1, 0.15) is 10.8 Å². The van der Waals surface area contributed by atoms with Crippen LogP contribution in [0.15, 0.2) is 29.6 Å².